The minimum Gasteiger partial charge on any atom is -0.506 e. The molecule has 6 heteroatoms. The summed E-state index contributed by atoms with van der Waals surface area (Å²) in [6, 6.07) is 8.40. The average Bonchev–Trinajstić information content (AvgIpc) is 2.43. The van der Waals surface area contributed by atoms with Crippen LogP contribution in [0.25, 0.3) is 0 Å². The fourth-order valence-electron chi connectivity index (χ4n) is 1.75. The summed E-state index contributed by atoms with van der Waals surface area (Å²) in [5.41, 5.74) is 1.10. The van der Waals surface area contributed by atoms with Crippen LogP contribution in [0.15, 0.2) is 36.4 Å². The number of phenolic OH excluding ortho intramolecular Hbond substituents is 1. The minimum absolute atomic E-state index is 0.0320. The maximum atomic E-state index is 12.1. The molecule has 1 amide bonds. The molecule has 3 N–H and O–H groups in total. The van der Waals surface area contributed by atoms with Crippen molar-refractivity contribution < 1.29 is 19.8 Å². The van der Waals surface area contributed by atoms with Gasteiger partial charge in [0.15, 0.2) is 0 Å². The molecule has 21 heavy (non-hydrogen) atoms. The molecule has 0 aliphatic carbocycles. The Balaban J connectivity index is 2.28. The summed E-state index contributed by atoms with van der Waals surface area (Å²) in [4.78, 5) is 23.0. The van der Waals surface area contributed by atoms with Crippen molar-refractivity contribution >= 4 is 29.2 Å². The summed E-state index contributed by atoms with van der Waals surface area (Å²) in [6.45, 7) is 1.77. The highest BCUT2D eigenvalue weighted by molar-refractivity contribution is 6.31. The molecule has 5 nitrogen and oxygen atoms in total. The standard InChI is InChI=1S/C15H12ClNO4/c1-8-6-9(2-4-11(8)16)14(19)17-12-7-10(15(20)21)3-5-13(12)18/h2-7,18H,1H3,(H,17,19)(H,20,21). The Hall–Kier alpha value is -2.53. The molecule has 0 spiro atoms. The number of aryl methyl sites for hydroxylation is 1. The Morgan fingerprint density at radius 3 is 2.38 bits per heavy atom. The van der Waals surface area contributed by atoms with Gasteiger partial charge in [-0.2, -0.15) is 0 Å². The first kappa shape index (κ1) is 14.9. The lowest BCUT2D eigenvalue weighted by Gasteiger charge is -2.09. The van der Waals surface area contributed by atoms with E-state index in [-0.39, 0.29) is 17.0 Å². The van der Waals surface area contributed by atoms with Crippen molar-refractivity contribution in [2.45, 2.75) is 6.92 Å². The summed E-state index contributed by atoms with van der Waals surface area (Å²) in [6.07, 6.45) is 0. The number of aromatic carboxylic acids is 1. The van der Waals surface area contributed by atoms with E-state index < -0.39 is 11.9 Å². The number of phenols is 1. The molecule has 0 unspecified atom stereocenters. The largest absolute Gasteiger partial charge is 0.506 e. The topological polar surface area (TPSA) is 86.6 Å². The molecule has 0 fully saturated rings. The number of carbonyl (C=O) groups is 2. The van der Waals surface area contributed by atoms with Crippen LogP contribution in [0.1, 0.15) is 26.3 Å². The maximum Gasteiger partial charge on any atom is 0.335 e. The number of hydrogen-bond acceptors (Lipinski definition) is 3. The molecule has 2 aromatic carbocycles. The van der Waals surface area contributed by atoms with Gasteiger partial charge >= 0.3 is 5.97 Å². The SMILES string of the molecule is Cc1cc(C(=O)Nc2cc(C(=O)O)ccc2O)ccc1Cl. The van der Waals surface area contributed by atoms with Crippen LogP contribution in [-0.4, -0.2) is 22.1 Å². The first-order valence-corrected chi connectivity index (χ1v) is 6.40. The number of halogens is 1. The summed E-state index contributed by atoms with van der Waals surface area (Å²) >= 11 is 5.89. The Kier molecular flexibility index (Phi) is 4.14. The van der Waals surface area contributed by atoms with Gasteiger partial charge in [0.05, 0.1) is 11.3 Å². The molecular formula is C15H12ClNO4. The molecule has 0 aliphatic heterocycles. The zero-order valence-corrected chi connectivity index (χ0v) is 11.8. The van der Waals surface area contributed by atoms with Gasteiger partial charge in [0.1, 0.15) is 5.75 Å². The summed E-state index contributed by atoms with van der Waals surface area (Å²) in [7, 11) is 0. The highest BCUT2D eigenvalue weighted by Gasteiger charge is 2.12. The first-order chi connectivity index (χ1) is 9.88. The van der Waals surface area contributed by atoms with Gasteiger partial charge in [-0.05, 0) is 48.9 Å². The van der Waals surface area contributed by atoms with E-state index in [1.165, 1.54) is 18.2 Å². The molecule has 0 bridgehead atoms. The molecule has 0 radical (unpaired) electrons. The molecule has 0 saturated carbocycles. The van der Waals surface area contributed by atoms with Crippen LogP contribution in [0.3, 0.4) is 0 Å². The van der Waals surface area contributed by atoms with E-state index in [4.69, 9.17) is 16.7 Å². The molecule has 2 aromatic rings. The number of rotatable bonds is 3. The Morgan fingerprint density at radius 2 is 1.76 bits per heavy atom. The number of carboxylic acids is 1. The highest BCUT2D eigenvalue weighted by atomic mass is 35.5. The van der Waals surface area contributed by atoms with Crippen molar-refractivity contribution in [2.75, 3.05) is 5.32 Å². The maximum absolute atomic E-state index is 12.1. The normalized spacial score (nSPS) is 10.2. The number of amides is 1. The Bertz CT molecular complexity index is 728. The third kappa shape index (κ3) is 3.32. The second kappa shape index (κ2) is 5.85. The van der Waals surface area contributed by atoms with Crippen LogP contribution in [0.4, 0.5) is 5.69 Å². The molecule has 0 aliphatic rings. The van der Waals surface area contributed by atoms with E-state index in [1.54, 1.807) is 25.1 Å². The van der Waals surface area contributed by atoms with Gasteiger partial charge in [-0.3, -0.25) is 4.79 Å². The van der Waals surface area contributed by atoms with Gasteiger partial charge in [-0.25, -0.2) is 4.79 Å². The quantitative estimate of drug-likeness (QED) is 0.759. The summed E-state index contributed by atoms with van der Waals surface area (Å²) in [5, 5.41) is 21.6. The molecule has 108 valence electrons. The number of carbonyl (C=O) groups excluding carboxylic acids is 1. The number of benzene rings is 2. The van der Waals surface area contributed by atoms with E-state index in [1.807, 2.05) is 0 Å². The lowest BCUT2D eigenvalue weighted by Crippen LogP contribution is -2.12. The summed E-state index contributed by atoms with van der Waals surface area (Å²) < 4.78 is 0. The van der Waals surface area contributed by atoms with Crippen molar-refractivity contribution in [2.24, 2.45) is 0 Å². The van der Waals surface area contributed by atoms with Crippen molar-refractivity contribution in [3.63, 3.8) is 0 Å². The average molecular weight is 306 g/mol. The number of carboxylic acid groups (broad SMARTS) is 1. The fraction of sp³-hybridized carbons (Fsp3) is 0.0667. The predicted molar refractivity (Wildman–Crippen MR) is 79.2 cm³/mol. The van der Waals surface area contributed by atoms with Gasteiger partial charge in [-0.15, -0.1) is 0 Å². The van der Waals surface area contributed by atoms with E-state index >= 15 is 0 Å². The van der Waals surface area contributed by atoms with Gasteiger partial charge in [0.2, 0.25) is 0 Å². The van der Waals surface area contributed by atoms with Gasteiger partial charge in [-0.1, -0.05) is 11.6 Å². The lowest BCUT2D eigenvalue weighted by molar-refractivity contribution is 0.0696. The second-order valence-electron chi connectivity index (χ2n) is 4.46. The van der Waals surface area contributed by atoms with Crippen LogP contribution >= 0.6 is 11.6 Å². The van der Waals surface area contributed by atoms with Gasteiger partial charge < -0.3 is 15.5 Å². The number of anilines is 1. The molecule has 0 saturated heterocycles. The van der Waals surface area contributed by atoms with Gasteiger partial charge in [0, 0.05) is 10.6 Å². The smallest absolute Gasteiger partial charge is 0.335 e. The lowest BCUT2D eigenvalue weighted by atomic mass is 10.1. The van der Waals surface area contributed by atoms with Crippen LogP contribution in [-0.2, 0) is 0 Å². The Labute approximate surface area is 125 Å². The minimum atomic E-state index is -1.15. The molecule has 2 rings (SSSR count). The third-order valence-corrected chi connectivity index (χ3v) is 3.34. The van der Waals surface area contributed by atoms with Crippen molar-refractivity contribution in [1.29, 1.82) is 0 Å². The van der Waals surface area contributed by atoms with E-state index in [2.05, 4.69) is 5.32 Å². The predicted octanol–water partition coefficient (Wildman–Crippen LogP) is 3.30. The fourth-order valence-corrected chi connectivity index (χ4v) is 1.87. The zero-order valence-electron chi connectivity index (χ0n) is 11.1. The molecule has 0 aromatic heterocycles. The second-order valence-corrected chi connectivity index (χ2v) is 4.86. The number of aromatic hydroxyl groups is 1. The van der Waals surface area contributed by atoms with Gasteiger partial charge in [0.25, 0.3) is 5.91 Å². The number of hydrogen-bond donors (Lipinski definition) is 3. The third-order valence-electron chi connectivity index (χ3n) is 2.91. The molecule has 0 heterocycles. The monoisotopic (exact) mass is 305 g/mol. The summed E-state index contributed by atoms with van der Waals surface area (Å²) in [5.74, 6) is -1.82. The van der Waals surface area contributed by atoms with Crippen LogP contribution in [0, 0.1) is 6.92 Å². The van der Waals surface area contributed by atoms with Crippen molar-refractivity contribution in [3.8, 4) is 5.75 Å². The first-order valence-electron chi connectivity index (χ1n) is 6.02. The van der Waals surface area contributed by atoms with E-state index in [9.17, 15) is 14.7 Å². The van der Waals surface area contributed by atoms with E-state index in [0.29, 0.717) is 10.6 Å². The van der Waals surface area contributed by atoms with Crippen molar-refractivity contribution in [3.05, 3.63) is 58.1 Å². The zero-order chi connectivity index (χ0) is 15.6. The van der Waals surface area contributed by atoms with Crippen LogP contribution < -0.4 is 5.32 Å². The number of nitrogens with one attached hydrogen (secondary N) is 1. The highest BCUT2D eigenvalue weighted by Crippen LogP contribution is 2.25. The van der Waals surface area contributed by atoms with Crippen LogP contribution in [0.2, 0.25) is 5.02 Å². The molecular weight excluding hydrogens is 294 g/mol. The molecule has 0 atom stereocenters. The van der Waals surface area contributed by atoms with E-state index in [0.717, 1.165) is 5.56 Å². The van der Waals surface area contributed by atoms with Crippen molar-refractivity contribution in [1.82, 2.24) is 0 Å². The Morgan fingerprint density at radius 1 is 1.10 bits per heavy atom. The van der Waals surface area contributed by atoms with Crippen LogP contribution in [0.5, 0.6) is 5.75 Å².